The van der Waals surface area contributed by atoms with E-state index in [1.54, 1.807) is 0 Å². The number of amides is 1. The third kappa shape index (κ3) is 4.63. The summed E-state index contributed by atoms with van der Waals surface area (Å²) in [4.78, 5) is 35.6. The molecule has 11 heteroatoms. The minimum absolute atomic E-state index is 0.211. The number of hydrogen-bond acceptors (Lipinski definition) is 5. The number of aromatic amines is 2. The van der Waals surface area contributed by atoms with Gasteiger partial charge in [-0.1, -0.05) is 12.1 Å². The lowest BCUT2D eigenvalue weighted by Gasteiger charge is -2.05. The van der Waals surface area contributed by atoms with Crippen LogP contribution in [0.4, 0.5) is 13.2 Å². The molecule has 0 bridgehead atoms. The predicted molar refractivity (Wildman–Crippen MR) is 76.4 cm³/mol. The van der Waals surface area contributed by atoms with Gasteiger partial charge in [0.2, 0.25) is 5.91 Å². The zero-order valence-electron chi connectivity index (χ0n) is 11.8. The molecule has 0 unspecified atom stereocenters. The molecule has 0 saturated carbocycles. The first-order chi connectivity index (χ1) is 11.3. The molecular weight excluding hydrogens is 331 g/mol. The van der Waals surface area contributed by atoms with Crippen molar-refractivity contribution in [2.24, 2.45) is 5.10 Å². The van der Waals surface area contributed by atoms with E-state index in [1.165, 1.54) is 12.1 Å². The Bertz CT molecular complexity index is 868. The van der Waals surface area contributed by atoms with Crippen LogP contribution in [0.3, 0.4) is 0 Å². The van der Waals surface area contributed by atoms with E-state index in [9.17, 15) is 27.6 Å². The summed E-state index contributed by atoms with van der Waals surface area (Å²) in [6, 6.07) is 4.14. The van der Waals surface area contributed by atoms with Gasteiger partial charge in [-0.2, -0.15) is 23.4 Å². The lowest BCUT2D eigenvalue weighted by atomic mass is 10.1. The number of hydrogen-bond donors (Lipinski definition) is 3. The highest BCUT2D eigenvalue weighted by Crippen LogP contribution is 2.28. The number of H-pyrrole nitrogens is 2. The molecule has 2 rings (SSSR count). The van der Waals surface area contributed by atoms with Crippen LogP contribution in [0.5, 0.6) is 0 Å². The van der Waals surface area contributed by atoms with Gasteiger partial charge in [0.25, 0.3) is 5.56 Å². The molecule has 1 heterocycles. The number of hydrazone groups is 1. The molecule has 0 spiro atoms. The zero-order chi connectivity index (χ0) is 17.7. The third-order valence-electron chi connectivity index (χ3n) is 2.75. The van der Waals surface area contributed by atoms with Gasteiger partial charge in [-0.3, -0.25) is 14.6 Å². The lowest BCUT2D eigenvalue weighted by Crippen LogP contribution is -2.31. The Morgan fingerprint density at radius 2 is 1.92 bits per heavy atom. The fraction of sp³-hybridized carbons (Fsp3) is 0.154. The number of benzene rings is 1. The summed E-state index contributed by atoms with van der Waals surface area (Å²) in [5, 5.41) is 8.95. The largest absolute Gasteiger partial charge is 0.416 e. The Labute approximate surface area is 131 Å². The highest BCUT2D eigenvalue weighted by molar-refractivity contribution is 5.83. The summed E-state index contributed by atoms with van der Waals surface area (Å²) in [6.45, 7) is 0. The van der Waals surface area contributed by atoms with E-state index >= 15 is 0 Å². The first-order valence-electron chi connectivity index (χ1n) is 6.43. The van der Waals surface area contributed by atoms with E-state index in [1.807, 2.05) is 10.1 Å². The van der Waals surface area contributed by atoms with Crippen LogP contribution in [0.25, 0.3) is 0 Å². The van der Waals surface area contributed by atoms with E-state index < -0.39 is 35.3 Å². The van der Waals surface area contributed by atoms with E-state index in [-0.39, 0.29) is 5.69 Å². The quantitative estimate of drug-likeness (QED) is 0.542. The number of rotatable bonds is 4. The van der Waals surface area contributed by atoms with Crippen molar-refractivity contribution in [1.82, 2.24) is 20.6 Å². The van der Waals surface area contributed by atoms with Gasteiger partial charge in [-0.25, -0.2) is 15.3 Å². The van der Waals surface area contributed by atoms with Crippen LogP contribution in [0, 0.1) is 0 Å². The van der Waals surface area contributed by atoms with Gasteiger partial charge in [-0.15, -0.1) is 0 Å². The van der Waals surface area contributed by atoms with Crippen LogP contribution >= 0.6 is 0 Å². The summed E-state index contributed by atoms with van der Waals surface area (Å²) in [5.41, 5.74) is -0.190. The summed E-state index contributed by atoms with van der Waals surface area (Å²) < 4.78 is 37.2. The first kappa shape index (κ1) is 17.1. The van der Waals surface area contributed by atoms with E-state index in [4.69, 9.17) is 0 Å². The molecule has 0 atom stereocenters. The van der Waals surface area contributed by atoms with Crippen molar-refractivity contribution >= 4 is 12.1 Å². The fourth-order valence-corrected chi connectivity index (χ4v) is 1.62. The standard InChI is InChI=1S/C13H10F3N5O3/c14-13(15,16)8-3-1-7(2-4-8)6-17-20-10(22)5-9-11(23)18-12(24)21-19-9/h1-4,6H,5H2,(H,20,22)(H2,18,21,23,24). The number of carbonyl (C=O) groups excluding carboxylic acids is 1. The summed E-state index contributed by atoms with van der Waals surface area (Å²) in [5.74, 6) is -0.691. The van der Waals surface area contributed by atoms with E-state index in [0.29, 0.717) is 5.56 Å². The molecule has 0 aliphatic rings. The number of alkyl halides is 3. The smallest absolute Gasteiger partial charge is 0.273 e. The molecule has 0 aliphatic heterocycles. The van der Waals surface area contributed by atoms with Gasteiger partial charge in [0.05, 0.1) is 18.2 Å². The topological polar surface area (TPSA) is 120 Å². The normalized spacial score (nSPS) is 11.6. The molecule has 0 radical (unpaired) electrons. The molecule has 0 fully saturated rings. The molecule has 2 aromatic rings. The minimum atomic E-state index is -4.43. The molecule has 3 N–H and O–H groups in total. The predicted octanol–water partition coefficient (Wildman–Crippen LogP) is 0.170. The average molecular weight is 341 g/mol. The van der Waals surface area contributed by atoms with Crippen LogP contribution in [0.15, 0.2) is 39.0 Å². The van der Waals surface area contributed by atoms with Crippen LogP contribution in [0.1, 0.15) is 16.8 Å². The first-order valence-corrected chi connectivity index (χ1v) is 6.43. The number of halogens is 3. The molecule has 0 aliphatic carbocycles. The molecule has 1 amide bonds. The van der Waals surface area contributed by atoms with E-state index in [0.717, 1.165) is 18.3 Å². The van der Waals surface area contributed by atoms with Gasteiger partial charge >= 0.3 is 11.9 Å². The maximum absolute atomic E-state index is 12.4. The number of nitrogens with zero attached hydrogens (tertiary/aromatic N) is 2. The third-order valence-corrected chi connectivity index (χ3v) is 2.75. The van der Waals surface area contributed by atoms with Crippen LogP contribution < -0.4 is 16.7 Å². The highest BCUT2D eigenvalue weighted by atomic mass is 19.4. The molecule has 8 nitrogen and oxygen atoms in total. The highest BCUT2D eigenvalue weighted by Gasteiger charge is 2.29. The Kier molecular flexibility index (Phi) is 4.92. The van der Waals surface area contributed by atoms with Crippen molar-refractivity contribution in [3.05, 3.63) is 61.9 Å². The summed E-state index contributed by atoms with van der Waals surface area (Å²) in [7, 11) is 0. The molecular formula is C13H10F3N5O3. The van der Waals surface area contributed by atoms with Gasteiger partial charge in [-0.05, 0) is 17.7 Å². The van der Waals surface area contributed by atoms with Gasteiger partial charge in [0, 0.05) is 0 Å². The van der Waals surface area contributed by atoms with E-state index in [2.05, 4.69) is 15.6 Å². The van der Waals surface area contributed by atoms with Crippen molar-refractivity contribution in [2.75, 3.05) is 0 Å². The summed E-state index contributed by atoms with van der Waals surface area (Å²) >= 11 is 0. The van der Waals surface area contributed by atoms with Crippen LogP contribution in [-0.4, -0.2) is 27.3 Å². The molecule has 1 aromatic heterocycles. The van der Waals surface area contributed by atoms with Crippen molar-refractivity contribution in [2.45, 2.75) is 12.6 Å². The second-order valence-electron chi connectivity index (χ2n) is 4.54. The SMILES string of the molecule is O=C(Cc1n[nH]c(=O)[nH]c1=O)NN=Cc1ccc(C(F)(F)F)cc1. The fourth-order valence-electron chi connectivity index (χ4n) is 1.62. The molecule has 24 heavy (non-hydrogen) atoms. The Hall–Kier alpha value is -3.24. The van der Waals surface area contributed by atoms with Crippen LogP contribution in [-0.2, 0) is 17.4 Å². The number of aromatic nitrogens is 3. The Balaban J connectivity index is 1.95. The number of nitrogens with one attached hydrogen (secondary N) is 3. The number of carbonyl (C=O) groups is 1. The Morgan fingerprint density at radius 3 is 2.50 bits per heavy atom. The molecule has 126 valence electrons. The maximum Gasteiger partial charge on any atom is 0.416 e. The second kappa shape index (κ2) is 6.89. The monoisotopic (exact) mass is 341 g/mol. The molecule has 0 saturated heterocycles. The van der Waals surface area contributed by atoms with Crippen molar-refractivity contribution < 1.29 is 18.0 Å². The van der Waals surface area contributed by atoms with Crippen molar-refractivity contribution in [3.63, 3.8) is 0 Å². The summed E-state index contributed by atoms with van der Waals surface area (Å²) in [6.07, 6.45) is -3.72. The van der Waals surface area contributed by atoms with Gasteiger partial charge in [0.15, 0.2) is 0 Å². The lowest BCUT2D eigenvalue weighted by molar-refractivity contribution is -0.137. The minimum Gasteiger partial charge on any atom is -0.273 e. The Morgan fingerprint density at radius 1 is 1.25 bits per heavy atom. The average Bonchev–Trinajstić information content (AvgIpc) is 2.50. The zero-order valence-corrected chi connectivity index (χ0v) is 11.8. The van der Waals surface area contributed by atoms with Crippen molar-refractivity contribution in [3.8, 4) is 0 Å². The van der Waals surface area contributed by atoms with Gasteiger partial charge in [0.1, 0.15) is 5.69 Å². The van der Waals surface area contributed by atoms with Crippen molar-refractivity contribution in [1.29, 1.82) is 0 Å². The van der Waals surface area contributed by atoms with Gasteiger partial charge < -0.3 is 0 Å². The molecule has 1 aromatic carbocycles. The maximum atomic E-state index is 12.4. The van der Waals surface area contributed by atoms with Crippen LogP contribution in [0.2, 0.25) is 0 Å². The second-order valence-corrected chi connectivity index (χ2v) is 4.54.